The van der Waals surface area contributed by atoms with E-state index < -0.39 is 0 Å². The fourth-order valence-corrected chi connectivity index (χ4v) is 2.52. The van der Waals surface area contributed by atoms with E-state index in [0.717, 1.165) is 23.0 Å². The second-order valence-corrected chi connectivity index (χ2v) is 5.85. The number of aliphatic hydroxyl groups excluding tert-OH is 1. The van der Waals surface area contributed by atoms with Crippen LogP contribution >= 0.6 is 15.9 Å². The molecule has 2 atom stereocenters. The van der Waals surface area contributed by atoms with Gasteiger partial charge in [-0.05, 0) is 37.9 Å². The third kappa shape index (κ3) is 5.38. The molecule has 1 rings (SSSR count). The molecule has 1 aromatic rings. The number of phenolic OH excluding ortho intramolecular Hbond substituents is 1. The average molecular weight is 332 g/mol. The number of hydrogen-bond acceptors (Lipinski definition) is 4. The van der Waals surface area contributed by atoms with Gasteiger partial charge in [0.05, 0.1) is 13.2 Å². The molecule has 3 N–H and O–H groups in total. The predicted octanol–water partition coefficient (Wildman–Crippen LogP) is 2.66. The van der Waals surface area contributed by atoms with Gasteiger partial charge in [0, 0.05) is 16.6 Å². The molecule has 0 heterocycles. The number of aromatic hydroxyl groups is 1. The molecule has 108 valence electrons. The second kappa shape index (κ2) is 7.72. The van der Waals surface area contributed by atoms with Crippen LogP contribution in [0.5, 0.6) is 11.5 Å². The van der Waals surface area contributed by atoms with Crippen LogP contribution in [0.2, 0.25) is 0 Å². The molecule has 0 aliphatic heterocycles. The van der Waals surface area contributed by atoms with E-state index >= 15 is 0 Å². The van der Waals surface area contributed by atoms with Gasteiger partial charge in [0.2, 0.25) is 0 Å². The highest BCUT2D eigenvalue weighted by atomic mass is 79.9. The number of benzene rings is 1. The van der Waals surface area contributed by atoms with Crippen molar-refractivity contribution in [3.05, 3.63) is 22.2 Å². The van der Waals surface area contributed by atoms with Crippen molar-refractivity contribution in [2.24, 2.45) is 5.92 Å². The van der Waals surface area contributed by atoms with E-state index in [-0.39, 0.29) is 11.9 Å². The zero-order valence-electron chi connectivity index (χ0n) is 11.6. The lowest BCUT2D eigenvalue weighted by atomic mass is 10.0. The van der Waals surface area contributed by atoms with Crippen LogP contribution in [0.25, 0.3) is 0 Å². The van der Waals surface area contributed by atoms with Crippen LogP contribution < -0.4 is 10.1 Å². The maximum Gasteiger partial charge on any atom is 0.162 e. The van der Waals surface area contributed by atoms with E-state index in [1.165, 1.54) is 7.11 Å². The van der Waals surface area contributed by atoms with Gasteiger partial charge in [-0.3, -0.25) is 0 Å². The Kier molecular flexibility index (Phi) is 6.62. The first-order valence-electron chi connectivity index (χ1n) is 6.38. The van der Waals surface area contributed by atoms with Crippen molar-refractivity contribution in [1.82, 2.24) is 5.32 Å². The summed E-state index contributed by atoms with van der Waals surface area (Å²) in [5.41, 5.74) is 0.787. The van der Waals surface area contributed by atoms with Crippen LogP contribution in [0.3, 0.4) is 0 Å². The summed E-state index contributed by atoms with van der Waals surface area (Å²) in [6.45, 7) is 5.23. The summed E-state index contributed by atoms with van der Waals surface area (Å²) >= 11 is 3.39. The highest BCUT2D eigenvalue weighted by molar-refractivity contribution is 9.10. The molecule has 0 aliphatic carbocycles. The van der Waals surface area contributed by atoms with Gasteiger partial charge in [-0.2, -0.15) is 0 Å². The Morgan fingerprint density at radius 2 is 2.05 bits per heavy atom. The molecule has 0 amide bonds. The Labute approximate surface area is 122 Å². The van der Waals surface area contributed by atoms with Crippen molar-refractivity contribution in [2.75, 3.05) is 13.7 Å². The van der Waals surface area contributed by atoms with Gasteiger partial charge >= 0.3 is 0 Å². The van der Waals surface area contributed by atoms with Crippen molar-refractivity contribution in [3.63, 3.8) is 0 Å². The van der Waals surface area contributed by atoms with E-state index in [9.17, 15) is 10.2 Å². The van der Waals surface area contributed by atoms with Crippen LogP contribution in [-0.2, 0) is 6.54 Å². The third-order valence-electron chi connectivity index (χ3n) is 2.89. The van der Waals surface area contributed by atoms with Gasteiger partial charge in [0.1, 0.15) is 0 Å². The summed E-state index contributed by atoms with van der Waals surface area (Å²) in [6, 6.07) is 3.60. The lowest BCUT2D eigenvalue weighted by Gasteiger charge is -2.15. The summed E-state index contributed by atoms with van der Waals surface area (Å²) < 4.78 is 5.98. The summed E-state index contributed by atoms with van der Waals surface area (Å²) in [4.78, 5) is 0. The Balaban J connectivity index is 2.56. The number of methoxy groups -OCH3 is 1. The van der Waals surface area contributed by atoms with E-state index in [4.69, 9.17) is 4.74 Å². The van der Waals surface area contributed by atoms with Crippen LogP contribution in [-0.4, -0.2) is 30.0 Å². The molecule has 19 heavy (non-hydrogen) atoms. The smallest absolute Gasteiger partial charge is 0.162 e. The van der Waals surface area contributed by atoms with Crippen LogP contribution in [0.1, 0.15) is 25.8 Å². The summed E-state index contributed by atoms with van der Waals surface area (Å²) in [5, 5.41) is 22.6. The molecule has 0 fully saturated rings. The first kappa shape index (κ1) is 16.3. The SMILES string of the molecule is COc1cc(Br)cc(CNCC(C)CC(C)O)c1O. The van der Waals surface area contributed by atoms with Crippen molar-refractivity contribution in [2.45, 2.75) is 32.9 Å². The maximum absolute atomic E-state index is 10.00. The quantitative estimate of drug-likeness (QED) is 0.718. The average Bonchev–Trinajstić information content (AvgIpc) is 2.32. The normalized spacial score (nSPS) is 14.2. The molecule has 0 aliphatic rings. The monoisotopic (exact) mass is 331 g/mol. The van der Waals surface area contributed by atoms with Gasteiger partial charge in [0.15, 0.2) is 11.5 Å². The Morgan fingerprint density at radius 3 is 2.63 bits per heavy atom. The Bertz CT molecular complexity index is 410. The molecule has 0 saturated carbocycles. The molecule has 0 bridgehead atoms. The van der Waals surface area contributed by atoms with E-state index in [1.54, 1.807) is 13.0 Å². The molecule has 0 spiro atoms. The van der Waals surface area contributed by atoms with E-state index in [1.807, 2.05) is 6.07 Å². The zero-order valence-corrected chi connectivity index (χ0v) is 13.2. The highest BCUT2D eigenvalue weighted by Crippen LogP contribution is 2.33. The number of aliphatic hydroxyl groups is 1. The molecule has 0 aromatic heterocycles. The van der Waals surface area contributed by atoms with Crippen molar-refractivity contribution < 1.29 is 14.9 Å². The minimum atomic E-state index is -0.281. The van der Waals surface area contributed by atoms with Crippen LogP contribution in [0.15, 0.2) is 16.6 Å². The minimum absolute atomic E-state index is 0.168. The van der Waals surface area contributed by atoms with Crippen LogP contribution in [0.4, 0.5) is 0 Å². The van der Waals surface area contributed by atoms with Gasteiger partial charge in [-0.1, -0.05) is 22.9 Å². The van der Waals surface area contributed by atoms with E-state index in [2.05, 4.69) is 28.2 Å². The van der Waals surface area contributed by atoms with E-state index in [0.29, 0.717) is 18.2 Å². The fraction of sp³-hybridized carbons (Fsp3) is 0.571. The van der Waals surface area contributed by atoms with Gasteiger partial charge in [0.25, 0.3) is 0 Å². The number of rotatable bonds is 7. The number of hydrogen-bond donors (Lipinski definition) is 3. The van der Waals surface area contributed by atoms with Crippen molar-refractivity contribution in [3.8, 4) is 11.5 Å². The van der Waals surface area contributed by atoms with Crippen molar-refractivity contribution in [1.29, 1.82) is 0 Å². The molecule has 2 unspecified atom stereocenters. The summed E-state index contributed by atoms with van der Waals surface area (Å²) in [7, 11) is 1.53. The Morgan fingerprint density at radius 1 is 1.37 bits per heavy atom. The Hall–Kier alpha value is -0.780. The number of halogens is 1. The first-order chi connectivity index (χ1) is 8.93. The number of ether oxygens (including phenoxy) is 1. The number of phenols is 1. The highest BCUT2D eigenvalue weighted by Gasteiger charge is 2.10. The molecule has 0 radical (unpaired) electrons. The third-order valence-corrected chi connectivity index (χ3v) is 3.35. The van der Waals surface area contributed by atoms with Crippen molar-refractivity contribution >= 4 is 15.9 Å². The number of nitrogens with one attached hydrogen (secondary N) is 1. The molecule has 5 heteroatoms. The lowest BCUT2D eigenvalue weighted by molar-refractivity contribution is 0.163. The fourth-order valence-electron chi connectivity index (χ4n) is 2.04. The van der Waals surface area contributed by atoms with Crippen LogP contribution in [0, 0.1) is 5.92 Å². The molecule has 0 saturated heterocycles. The lowest BCUT2D eigenvalue weighted by Crippen LogP contribution is -2.23. The van der Waals surface area contributed by atoms with Gasteiger partial charge in [-0.15, -0.1) is 0 Å². The molecular formula is C14H22BrNO3. The largest absolute Gasteiger partial charge is 0.504 e. The zero-order chi connectivity index (χ0) is 14.4. The topological polar surface area (TPSA) is 61.7 Å². The molecule has 1 aromatic carbocycles. The second-order valence-electron chi connectivity index (χ2n) is 4.94. The molecular weight excluding hydrogens is 310 g/mol. The molecule has 4 nitrogen and oxygen atoms in total. The summed E-state index contributed by atoms with van der Waals surface area (Å²) in [5.74, 6) is 1.01. The first-order valence-corrected chi connectivity index (χ1v) is 7.17. The standard InChI is InChI=1S/C14H22BrNO3/c1-9(4-10(2)17)7-16-8-11-5-12(15)6-13(19-3)14(11)18/h5-6,9-10,16-18H,4,7-8H2,1-3H3. The maximum atomic E-state index is 10.00. The van der Waals surface area contributed by atoms with Gasteiger partial charge < -0.3 is 20.3 Å². The minimum Gasteiger partial charge on any atom is -0.504 e. The van der Waals surface area contributed by atoms with Gasteiger partial charge in [-0.25, -0.2) is 0 Å². The predicted molar refractivity (Wildman–Crippen MR) is 79.5 cm³/mol. The summed E-state index contributed by atoms with van der Waals surface area (Å²) in [6.07, 6.45) is 0.483.